The fourth-order valence-electron chi connectivity index (χ4n) is 1.97. The molecule has 0 radical (unpaired) electrons. The van der Waals surface area contributed by atoms with E-state index in [1.807, 2.05) is 27.7 Å². The van der Waals surface area contributed by atoms with E-state index in [1.54, 1.807) is 6.07 Å². The number of nitrogens with zero attached hydrogens (tertiary/aromatic N) is 1. The van der Waals surface area contributed by atoms with Gasteiger partial charge in [0.25, 0.3) is 0 Å². The average Bonchev–Trinajstić information content (AvgIpc) is 2.86. The lowest BCUT2D eigenvalue weighted by Crippen LogP contribution is -2.28. The van der Waals surface area contributed by atoms with Gasteiger partial charge >= 0.3 is 6.09 Å². The fraction of sp³-hybridized carbons (Fsp3) is 0.714. The molecule has 1 heterocycles. The van der Waals surface area contributed by atoms with E-state index in [2.05, 4.69) is 10.5 Å². The van der Waals surface area contributed by atoms with Crippen LogP contribution >= 0.6 is 0 Å². The molecule has 7 nitrogen and oxygen atoms in total. The molecule has 0 bridgehead atoms. The molecule has 21 heavy (non-hydrogen) atoms. The minimum absolute atomic E-state index is 0.316. The van der Waals surface area contributed by atoms with Crippen molar-refractivity contribution in [1.29, 1.82) is 0 Å². The Balaban J connectivity index is 2.87. The Kier molecular flexibility index (Phi) is 7.18. The second-order valence-corrected chi connectivity index (χ2v) is 5.03. The number of carbonyl (C=O) groups is 1. The summed E-state index contributed by atoms with van der Waals surface area (Å²) in [6, 6.07) is 1.27. The van der Waals surface area contributed by atoms with Gasteiger partial charge in [0.1, 0.15) is 5.69 Å². The van der Waals surface area contributed by atoms with Crippen LogP contribution in [0, 0.1) is 5.92 Å². The van der Waals surface area contributed by atoms with Crippen LogP contribution in [-0.4, -0.2) is 29.6 Å². The molecule has 0 saturated carbocycles. The van der Waals surface area contributed by atoms with Crippen LogP contribution in [0.15, 0.2) is 10.6 Å². The third kappa shape index (κ3) is 5.73. The molecule has 1 amide bonds. The summed E-state index contributed by atoms with van der Waals surface area (Å²) in [7, 11) is 0. The molecule has 0 fully saturated rings. The van der Waals surface area contributed by atoms with Crippen molar-refractivity contribution < 1.29 is 23.9 Å². The van der Waals surface area contributed by atoms with Crippen molar-refractivity contribution in [2.24, 2.45) is 5.92 Å². The van der Waals surface area contributed by atoms with Crippen molar-refractivity contribution in [3.63, 3.8) is 0 Å². The van der Waals surface area contributed by atoms with Gasteiger partial charge in [0.2, 0.25) is 6.29 Å². The van der Waals surface area contributed by atoms with E-state index in [0.717, 1.165) is 0 Å². The molecule has 1 rings (SSSR count). The van der Waals surface area contributed by atoms with Crippen LogP contribution < -0.4 is 5.32 Å². The molecule has 1 unspecified atom stereocenters. The van der Waals surface area contributed by atoms with Gasteiger partial charge in [-0.25, -0.2) is 4.79 Å². The Morgan fingerprint density at radius 3 is 2.48 bits per heavy atom. The summed E-state index contributed by atoms with van der Waals surface area (Å²) in [6.45, 7) is 8.70. The van der Waals surface area contributed by atoms with Crippen molar-refractivity contribution in [3.8, 4) is 0 Å². The molecule has 7 heteroatoms. The minimum atomic E-state index is -1.09. The molecule has 2 N–H and O–H groups in total. The Bertz CT molecular complexity index is 427. The van der Waals surface area contributed by atoms with Crippen molar-refractivity contribution in [1.82, 2.24) is 10.5 Å². The van der Waals surface area contributed by atoms with E-state index < -0.39 is 18.4 Å². The zero-order chi connectivity index (χ0) is 15.8. The van der Waals surface area contributed by atoms with E-state index in [0.29, 0.717) is 37.0 Å². The summed E-state index contributed by atoms with van der Waals surface area (Å²) in [5.74, 6) is 0.756. The maximum atomic E-state index is 10.9. The molecule has 0 aromatic carbocycles. The van der Waals surface area contributed by atoms with Gasteiger partial charge in [-0.05, 0) is 26.2 Å². The second kappa shape index (κ2) is 8.63. The van der Waals surface area contributed by atoms with Gasteiger partial charge in [-0.2, -0.15) is 0 Å². The number of ether oxygens (including phenoxy) is 2. The summed E-state index contributed by atoms with van der Waals surface area (Å²) < 4.78 is 16.1. The third-order valence-corrected chi connectivity index (χ3v) is 2.78. The lowest BCUT2D eigenvalue weighted by atomic mass is 10.0. The number of rotatable bonds is 9. The van der Waals surface area contributed by atoms with E-state index in [9.17, 15) is 4.79 Å². The molecule has 0 saturated heterocycles. The smallest absolute Gasteiger partial charge is 0.405 e. The zero-order valence-electron chi connectivity index (χ0n) is 13.0. The van der Waals surface area contributed by atoms with Gasteiger partial charge < -0.3 is 24.4 Å². The van der Waals surface area contributed by atoms with Gasteiger partial charge in [-0.1, -0.05) is 19.0 Å². The SMILES string of the molecule is CCOC(OCC)c1cc(C(CC(C)C)NC(=O)O)no1. The normalized spacial score (nSPS) is 12.9. The standard InChI is InChI=1S/C14H24N2O5/c1-5-19-13(20-6-2)12-8-11(16-21-12)10(7-9(3)4)15-14(17)18/h8-10,13,15H,5-7H2,1-4H3,(H,17,18). The summed E-state index contributed by atoms with van der Waals surface area (Å²) in [5.41, 5.74) is 0.533. The largest absolute Gasteiger partial charge is 0.465 e. The Hall–Kier alpha value is -1.60. The predicted octanol–water partition coefficient (Wildman–Crippen LogP) is 3.10. The van der Waals surface area contributed by atoms with Crippen LogP contribution in [0.25, 0.3) is 0 Å². The lowest BCUT2D eigenvalue weighted by Gasteiger charge is -2.16. The highest BCUT2D eigenvalue weighted by Gasteiger charge is 2.23. The molecule has 1 aromatic heterocycles. The first-order valence-corrected chi connectivity index (χ1v) is 7.17. The van der Waals surface area contributed by atoms with Gasteiger partial charge in [-0.15, -0.1) is 0 Å². The molecule has 1 aromatic rings. The Labute approximate surface area is 124 Å². The van der Waals surface area contributed by atoms with E-state index in [-0.39, 0.29) is 0 Å². The van der Waals surface area contributed by atoms with Gasteiger partial charge in [-0.3, -0.25) is 0 Å². The van der Waals surface area contributed by atoms with Gasteiger partial charge in [0.05, 0.1) is 6.04 Å². The Morgan fingerprint density at radius 2 is 2.00 bits per heavy atom. The van der Waals surface area contributed by atoms with E-state index in [4.69, 9.17) is 19.1 Å². The number of amides is 1. The molecular formula is C14H24N2O5. The molecule has 0 aliphatic carbocycles. The van der Waals surface area contributed by atoms with Crippen LogP contribution in [-0.2, 0) is 9.47 Å². The van der Waals surface area contributed by atoms with Crippen LogP contribution in [0.5, 0.6) is 0 Å². The van der Waals surface area contributed by atoms with Crippen molar-refractivity contribution in [3.05, 3.63) is 17.5 Å². The van der Waals surface area contributed by atoms with Crippen LogP contribution in [0.4, 0.5) is 4.79 Å². The molecular weight excluding hydrogens is 276 g/mol. The van der Waals surface area contributed by atoms with E-state index >= 15 is 0 Å². The van der Waals surface area contributed by atoms with Crippen molar-refractivity contribution in [2.75, 3.05) is 13.2 Å². The van der Waals surface area contributed by atoms with Crippen molar-refractivity contribution >= 4 is 6.09 Å². The number of aromatic nitrogens is 1. The molecule has 0 spiro atoms. The first-order valence-electron chi connectivity index (χ1n) is 7.17. The van der Waals surface area contributed by atoms with Gasteiger partial charge in [0.15, 0.2) is 5.76 Å². The topological polar surface area (TPSA) is 93.8 Å². The van der Waals surface area contributed by atoms with Crippen LogP contribution in [0.3, 0.4) is 0 Å². The highest BCUT2D eigenvalue weighted by atomic mass is 16.7. The number of hydrogen-bond donors (Lipinski definition) is 2. The number of carboxylic acid groups (broad SMARTS) is 1. The third-order valence-electron chi connectivity index (χ3n) is 2.78. The highest BCUT2D eigenvalue weighted by Crippen LogP contribution is 2.25. The molecule has 0 aliphatic heterocycles. The summed E-state index contributed by atoms with van der Waals surface area (Å²) in [5, 5.41) is 15.3. The van der Waals surface area contributed by atoms with Crippen LogP contribution in [0.1, 0.15) is 57.9 Å². The Morgan fingerprint density at radius 1 is 1.38 bits per heavy atom. The lowest BCUT2D eigenvalue weighted by molar-refractivity contribution is -0.152. The summed E-state index contributed by atoms with van der Waals surface area (Å²) in [4.78, 5) is 10.9. The minimum Gasteiger partial charge on any atom is -0.465 e. The highest BCUT2D eigenvalue weighted by molar-refractivity contribution is 5.65. The first-order chi connectivity index (χ1) is 9.97. The maximum Gasteiger partial charge on any atom is 0.405 e. The first kappa shape index (κ1) is 17.5. The number of nitrogens with one attached hydrogen (secondary N) is 1. The second-order valence-electron chi connectivity index (χ2n) is 5.03. The quantitative estimate of drug-likeness (QED) is 0.681. The van der Waals surface area contributed by atoms with Gasteiger partial charge in [0, 0.05) is 19.3 Å². The average molecular weight is 300 g/mol. The zero-order valence-corrected chi connectivity index (χ0v) is 13.0. The predicted molar refractivity (Wildman–Crippen MR) is 75.9 cm³/mol. The summed E-state index contributed by atoms with van der Waals surface area (Å²) in [6.07, 6.45) is -1.08. The molecule has 1 atom stereocenters. The number of hydrogen-bond acceptors (Lipinski definition) is 5. The maximum absolute atomic E-state index is 10.9. The fourth-order valence-corrected chi connectivity index (χ4v) is 1.97. The van der Waals surface area contributed by atoms with E-state index in [1.165, 1.54) is 0 Å². The molecule has 0 aliphatic rings. The summed E-state index contributed by atoms with van der Waals surface area (Å²) >= 11 is 0. The molecule has 120 valence electrons. The van der Waals surface area contributed by atoms with Crippen LogP contribution in [0.2, 0.25) is 0 Å². The van der Waals surface area contributed by atoms with Crippen molar-refractivity contribution in [2.45, 2.75) is 46.4 Å². The monoisotopic (exact) mass is 300 g/mol.